The summed E-state index contributed by atoms with van der Waals surface area (Å²) in [5.74, 6) is 1.85. The molecule has 55 heavy (non-hydrogen) atoms. The monoisotopic (exact) mass is 920 g/mol. The molecule has 0 aliphatic rings. The summed E-state index contributed by atoms with van der Waals surface area (Å²) >= 11 is 0. The van der Waals surface area contributed by atoms with E-state index in [-0.39, 0.29) is 47.9 Å². The molecule has 295 valence electrons. The number of aliphatic hydroxyl groups is 1. The van der Waals surface area contributed by atoms with Gasteiger partial charge in [-0.25, -0.2) is 0 Å². The molecule has 6 nitrogen and oxygen atoms in total. The van der Waals surface area contributed by atoms with Gasteiger partial charge in [0.1, 0.15) is 17.1 Å². The van der Waals surface area contributed by atoms with E-state index in [9.17, 15) is 9.90 Å². The zero-order chi connectivity index (χ0) is 39.6. The zero-order valence-electron chi connectivity index (χ0n) is 34.9. The minimum Gasteiger partial charge on any atom is -0.512 e. The van der Waals surface area contributed by atoms with Gasteiger partial charge in [0, 0.05) is 66.1 Å². The van der Waals surface area contributed by atoms with Crippen LogP contribution in [0, 0.1) is 29.7 Å². The Bertz CT molecular complexity index is 2290. The van der Waals surface area contributed by atoms with Crippen molar-refractivity contribution in [3.05, 3.63) is 95.9 Å². The molecule has 7 heteroatoms. The first-order valence-corrected chi connectivity index (χ1v) is 19.6. The Morgan fingerprint density at radius 1 is 0.927 bits per heavy atom. The molecule has 1 radical (unpaired) electrons. The number of carbonyl (C=O) groups excluding carboxylic acids is 1. The number of rotatable bonds is 11. The van der Waals surface area contributed by atoms with E-state index < -0.39 is 0 Å². The van der Waals surface area contributed by atoms with Crippen molar-refractivity contribution in [2.45, 2.75) is 121 Å². The maximum absolute atomic E-state index is 12.2. The molecule has 1 N–H and O–H groups in total. The second-order valence-corrected chi connectivity index (χ2v) is 16.9. The first-order valence-electron chi connectivity index (χ1n) is 19.6. The third-order valence-corrected chi connectivity index (χ3v) is 11.6. The van der Waals surface area contributed by atoms with Gasteiger partial charge in [0.15, 0.2) is 5.78 Å². The van der Waals surface area contributed by atoms with Gasteiger partial charge >= 0.3 is 0 Å². The largest absolute Gasteiger partial charge is 0.512 e. The van der Waals surface area contributed by atoms with Gasteiger partial charge in [-0.05, 0) is 79.0 Å². The fourth-order valence-electron chi connectivity index (χ4n) is 6.89. The SMILES string of the molecule is CCC(C)(CC)C(=O)/C=C(\O)C(C)(CC)CC.Cc1coc2nc(-c3[c-]c4cnccc4c(C(C)(C)C)c3)cc(-c3ccc4cc(CC(C)C)oc4c3)c12.[Ir]. The van der Waals surface area contributed by atoms with Crippen molar-refractivity contribution < 1.29 is 38.8 Å². The van der Waals surface area contributed by atoms with Crippen molar-refractivity contribution in [2.24, 2.45) is 16.7 Å². The Hall–Kier alpha value is -4.06. The maximum atomic E-state index is 12.2. The first-order chi connectivity index (χ1) is 25.5. The smallest absolute Gasteiger partial charge is 0.219 e. The van der Waals surface area contributed by atoms with Crippen LogP contribution in [-0.4, -0.2) is 20.9 Å². The van der Waals surface area contributed by atoms with E-state index >= 15 is 0 Å². The summed E-state index contributed by atoms with van der Waals surface area (Å²) in [6, 6.07) is 18.6. The van der Waals surface area contributed by atoms with E-state index in [1.165, 1.54) is 17.0 Å². The molecule has 4 aromatic heterocycles. The van der Waals surface area contributed by atoms with E-state index in [1.54, 1.807) is 6.26 Å². The number of hydrogen-bond donors (Lipinski definition) is 1. The summed E-state index contributed by atoms with van der Waals surface area (Å²) < 4.78 is 12.2. The van der Waals surface area contributed by atoms with Crippen LogP contribution in [0.2, 0.25) is 0 Å². The second-order valence-electron chi connectivity index (χ2n) is 16.9. The summed E-state index contributed by atoms with van der Waals surface area (Å²) in [5.41, 5.74) is 7.10. The van der Waals surface area contributed by atoms with E-state index in [4.69, 9.17) is 13.8 Å². The normalized spacial score (nSPS) is 12.6. The number of nitrogens with zero attached hydrogens (tertiary/aromatic N) is 2. The van der Waals surface area contributed by atoms with Crippen LogP contribution < -0.4 is 0 Å². The minimum atomic E-state index is -0.337. The quantitative estimate of drug-likeness (QED) is 0.0791. The minimum absolute atomic E-state index is 0. The zero-order valence-corrected chi connectivity index (χ0v) is 37.3. The topological polar surface area (TPSA) is 89.4 Å². The Labute approximate surface area is 341 Å². The van der Waals surface area contributed by atoms with Crippen LogP contribution in [0.25, 0.3) is 55.2 Å². The predicted molar refractivity (Wildman–Crippen MR) is 224 cm³/mol. The molecular formula is C48H59IrN2O4-. The molecule has 0 atom stereocenters. The van der Waals surface area contributed by atoms with Crippen molar-refractivity contribution in [3.63, 3.8) is 0 Å². The molecule has 0 saturated heterocycles. The van der Waals surface area contributed by atoms with Gasteiger partial charge in [-0.1, -0.05) is 117 Å². The Morgan fingerprint density at radius 3 is 2.22 bits per heavy atom. The van der Waals surface area contributed by atoms with Crippen molar-refractivity contribution in [1.82, 2.24) is 9.97 Å². The molecule has 0 amide bonds. The van der Waals surface area contributed by atoms with Crippen LogP contribution in [0.4, 0.5) is 0 Å². The number of benzene rings is 2. The third kappa shape index (κ3) is 9.33. The number of ketones is 1. The number of furan rings is 2. The second kappa shape index (κ2) is 17.4. The van der Waals surface area contributed by atoms with Crippen LogP contribution in [0.1, 0.15) is 119 Å². The van der Waals surface area contributed by atoms with Crippen LogP contribution in [0.15, 0.2) is 81.8 Å². The summed E-state index contributed by atoms with van der Waals surface area (Å²) in [6.07, 6.45) is 11.2. The number of hydrogen-bond acceptors (Lipinski definition) is 6. The van der Waals surface area contributed by atoms with Crippen molar-refractivity contribution in [3.8, 4) is 22.4 Å². The molecule has 0 bridgehead atoms. The molecule has 2 aromatic carbocycles. The van der Waals surface area contributed by atoms with E-state index in [1.807, 2.05) is 53.9 Å². The van der Waals surface area contributed by atoms with Gasteiger partial charge in [-0.3, -0.25) is 9.78 Å². The van der Waals surface area contributed by atoms with E-state index in [0.717, 1.165) is 87.6 Å². The number of carbonyl (C=O) groups is 1. The predicted octanol–water partition coefficient (Wildman–Crippen LogP) is 13.7. The van der Waals surface area contributed by atoms with Crippen molar-refractivity contribution in [2.75, 3.05) is 0 Å². The summed E-state index contributed by atoms with van der Waals surface area (Å²) in [4.78, 5) is 21.5. The van der Waals surface area contributed by atoms with Crippen molar-refractivity contribution in [1.29, 1.82) is 0 Å². The number of fused-ring (bicyclic) bond motifs is 3. The molecule has 6 aromatic rings. The molecule has 6 rings (SSSR count). The third-order valence-electron chi connectivity index (χ3n) is 11.6. The molecule has 0 aliphatic heterocycles. The van der Waals surface area contributed by atoms with Gasteiger partial charge in [0.2, 0.25) is 5.71 Å². The van der Waals surface area contributed by atoms with Gasteiger partial charge in [0.25, 0.3) is 0 Å². The van der Waals surface area contributed by atoms with Crippen LogP contribution in [-0.2, 0) is 36.7 Å². The van der Waals surface area contributed by atoms with Gasteiger partial charge in [-0.15, -0.1) is 17.7 Å². The van der Waals surface area contributed by atoms with Crippen LogP contribution >= 0.6 is 0 Å². The summed E-state index contributed by atoms with van der Waals surface area (Å²) in [6.45, 7) is 25.3. The average molecular weight is 920 g/mol. The van der Waals surface area contributed by atoms with Gasteiger partial charge in [0.05, 0.1) is 6.26 Å². The number of allylic oxidation sites excluding steroid dienone is 2. The molecule has 0 unspecified atom stereocenters. The number of aryl methyl sites for hydroxylation is 1. The fraction of sp³-hybridized carbons (Fsp3) is 0.438. The summed E-state index contributed by atoms with van der Waals surface area (Å²) in [7, 11) is 0. The fourth-order valence-corrected chi connectivity index (χ4v) is 6.89. The Morgan fingerprint density at radius 2 is 1.60 bits per heavy atom. The first kappa shape index (κ1) is 43.7. The molecule has 0 fully saturated rings. The summed E-state index contributed by atoms with van der Waals surface area (Å²) in [5, 5.41) is 14.4. The molecule has 0 spiro atoms. The van der Waals surface area contributed by atoms with Crippen molar-refractivity contribution >= 4 is 38.6 Å². The maximum Gasteiger partial charge on any atom is 0.219 e. The van der Waals surface area contributed by atoms with Gasteiger partial charge in [-0.2, -0.15) is 0 Å². The molecule has 0 saturated carbocycles. The van der Waals surface area contributed by atoms with Crippen LogP contribution in [0.5, 0.6) is 0 Å². The molecule has 4 heterocycles. The van der Waals surface area contributed by atoms with E-state index in [2.05, 4.69) is 95.1 Å². The number of pyridine rings is 2. The average Bonchev–Trinajstić information content (AvgIpc) is 3.74. The Balaban J connectivity index is 0.000000320. The Kier molecular flexibility index (Phi) is 13.8. The number of aliphatic hydroxyl groups excluding tert-OH is 1. The standard InChI is InChI=1S/C33H31N2O2.C15H28O2.Ir/c1-19(2)11-25-13-22-8-7-21(15-30(22)37-25)27-16-29(35-32-31(27)20(3)18-36-32)23-12-24-17-34-10-9-26(24)28(14-23)33(4,5)6;1-7-14(5,8-2)12(16)11-13(17)15(6,9-3)10-4;/h7-10,13-19H,11H2,1-6H3;11,16H,7-10H2,1-6H3;/q-1;;/b;12-11-;. The molecule has 0 aliphatic carbocycles. The molecular weight excluding hydrogens is 861 g/mol. The van der Waals surface area contributed by atoms with E-state index in [0.29, 0.717) is 11.6 Å². The number of aromatic nitrogens is 2. The van der Waals surface area contributed by atoms with Crippen LogP contribution in [0.3, 0.4) is 0 Å². The van der Waals surface area contributed by atoms with Gasteiger partial charge < -0.3 is 18.9 Å².